The number of hydrogen-bond acceptors (Lipinski definition) is 5. The molecule has 0 saturated carbocycles. The zero-order valence-corrected chi connectivity index (χ0v) is 7.40. The second-order valence-electron chi connectivity index (χ2n) is 2.31. The Morgan fingerprint density at radius 3 is 2.77 bits per heavy atom. The number of anilines is 1. The molecule has 0 aliphatic heterocycles. The molecule has 13 heavy (non-hydrogen) atoms. The number of nitrogens with zero attached hydrogens (tertiary/aromatic N) is 1. The summed E-state index contributed by atoms with van der Waals surface area (Å²) in [7, 11) is 2.71. The first-order valence-electron chi connectivity index (χ1n) is 3.57. The maximum Gasteiger partial charge on any atom is 0.360 e. The van der Waals surface area contributed by atoms with Gasteiger partial charge in [0.15, 0.2) is 11.4 Å². The standard InChI is InChI=1S/C8H10N2O3/c1-12-6-3-5(9)4-10-7(6)8(11)13-2/h3-4H,9H2,1-2H3. The van der Waals surface area contributed by atoms with Crippen molar-refractivity contribution in [3.63, 3.8) is 0 Å². The second-order valence-corrected chi connectivity index (χ2v) is 2.31. The van der Waals surface area contributed by atoms with Crippen LogP contribution in [0.25, 0.3) is 0 Å². The summed E-state index contributed by atoms with van der Waals surface area (Å²) in [6, 6.07) is 1.51. The number of methoxy groups -OCH3 is 2. The number of hydrogen-bond donors (Lipinski definition) is 1. The van der Waals surface area contributed by atoms with Gasteiger partial charge in [0.1, 0.15) is 0 Å². The lowest BCUT2D eigenvalue weighted by molar-refractivity contribution is 0.0590. The van der Waals surface area contributed by atoms with Gasteiger partial charge in [0, 0.05) is 6.07 Å². The molecule has 0 fully saturated rings. The van der Waals surface area contributed by atoms with Crippen LogP contribution in [0.15, 0.2) is 12.3 Å². The molecule has 5 nitrogen and oxygen atoms in total. The number of nitrogens with two attached hydrogens (primary N) is 1. The highest BCUT2D eigenvalue weighted by molar-refractivity contribution is 5.90. The van der Waals surface area contributed by atoms with Crippen molar-refractivity contribution in [3.05, 3.63) is 18.0 Å². The molecule has 1 rings (SSSR count). The van der Waals surface area contributed by atoms with Crippen LogP contribution in [-0.2, 0) is 4.74 Å². The zero-order valence-electron chi connectivity index (χ0n) is 7.40. The molecule has 0 atom stereocenters. The van der Waals surface area contributed by atoms with E-state index in [1.807, 2.05) is 0 Å². The van der Waals surface area contributed by atoms with Crippen molar-refractivity contribution >= 4 is 11.7 Å². The molecule has 0 radical (unpaired) electrons. The van der Waals surface area contributed by atoms with Crippen LogP contribution in [0.4, 0.5) is 5.69 Å². The lowest BCUT2D eigenvalue weighted by Gasteiger charge is -2.05. The van der Waals surface area contributed by atoms with E-state index in [9.17, 15) is 4.79 Å². The SMILES string of the molecule is COC(=O)c1ncc(N)cc1OC. The normalized spacial score (nSPS) is 9.38. The van der Waals surface area contributed by atoms with Gasteiger partial charge >= 0.3 is 5.97 Å². The van der Waals surface area contributed by atoms with Gasteiger partial charge in [0.2, 0.25) is 0 Å². The first-order chi connectivity index (χ1) is 6.19. The van der Waals surface area contributed by atoms with E-state index in [4.69, 9.17) is 10.5 Å². The minimum atomic E-state index is -0.545. The molecular formula is C8H10N2O3. The third-order valence-electron chi connectivity index (χ3n) is 1.47. The second kappa shape index (κ2) is 3.75. The smallest absolute Gasteiger partial charge is 0.360 e. The number of nitrogen functional groups attached to an aromatic ring is 1. The van der Waals surface area contributed by atoms with Crippen molar-refractivity contribution in [1.82, 2.24) is 4.98 Å². The third-order valence-corrected chi connectivity index (χ3v) is 1.47. The van der Waals surface area contributed by atoms with Gasteiger partial charge in [0.25, 0.3) is 0 Å². The van der Waals surface area contributed by atoms with E-state index in [1.54, 1.807) is 0 Å². The van der Waals surface area contributed by atoms with Gasteiger partial charge in [-0.2, -0.15) is 0 Å². The molecule has 1 heterocycles. The predicted molar refractivity (Wildman–Crippen MR) is 46.5 cm³/mol. The molecular weight excluding hydrogens is 172 g/mol. The highest BCUT2D eigenvalue weighted by Gasteiger charge is 2.13. The Morgan fingerprint density at radius 2 is 2.23 bits per heavy atom. The van der Waals surface area contributed by atoms with Crippen molar-refractivity contribution in [1.29, 1.82) is 0 Å². The Hall–Kier alpha value is -1.78. The van der Waals surface area contributed by atoms with Crippen LogP contribution in [0.5, 0.6) is 5.75 Å². The number of carbonyl (C=O) groups is 1. The van der Waals surface area contributed by atoms with Gasteiger partial charge in [-0.3, -0.25) is 0 Å². The lowest BCUT2D eigenvalue weighted by atomic mass is 10.3. The molecule has 1 aromatic rings. The summed E-state index contributed by atoms with van der Waals surface area (Å²) in [6.45, 7) is 0. The molecule has 2 N–H and O–H groups in total. The minimum Gasteiger partial charge on any atom is -0.494 e. The first-order valence-corrected chi connectivity index (χ1v) is 3.57. The van der Waals surface area contributed by atoms with Crippen molar-refractivity contribution in [2.75, 3.05) is 20.0 Å². The van der Waals surface area contributed by atoms with E-state index in [-0.39, 0.29) is 5.69 Å². The fourth-order valence-electron chi connectivity index (χ4n) is 0.865. The first kappa shape index (κ1) is 9.31. The van der Waals surface area contributed by atoms with Crippen LogP contribution in [0.3, 0.4) is 0 Å². The van der Waals surface area contributed by atoms with Gasteiger partial charge in [-0.15, -0.1) is 0 Å². The van der Waals surface area contributed by atoms with Crippen LogP contribution in [0, 0.1) is 0 Å². The van der Waals surface area contributed by atoms with Gasteiger partial charge in [-0.05, 0) is 0 Å². The number of aromatic nitrogens is 1. The average Bonchev–Trinajstić information content (AvgIpc) is 2.16. The minimum absolute atomic E-state index is 0.124. The average molecular weight is 182 g/mol. The maximum atomic E-state index is 11.1. The van der Waals surface area contributed by atoms with Crippen LogP contribution in [0.1, 0.15) is 10.5 Å². The monoisotopic (exact) mass is 182 g/mol. The number of pyridine rings is 1. The quantitative estimate of drug-likeness (QED) is 0.672. The largest absolute Gasteiger partial charge is 0.494 e. The van der Waals surface area contributed by atoms with Crippen LogP contribution >= 0.6 is 0 Å². The number of carbonyl (C=O) groups excluding carboxylic acids is 1. The Labute approximate surface area is 75.5 Å². The summed E-state index contributed by atoms with van der Waals surface area (Å²) in [5.41, 5.74) is 6.01. The summed E-state index contributed by atoms with van der Waals surface area (Å²) in [5.74, 6) is -0.233. The maximum absolute atomic E-state index is 11.1. The van der Waals surface area contributed by atoms with Crippen molar-refractivity contribution in [2.45, 2.75) is 0 Å². The van der Waals surface area contributed by atoms with Crippen LogP contribution in [-0.4, -0.2) is 25.2 Å². The molecule has 0 spiro atoms. The van der Waals surface area contributed by atoms with E-state index < -0.39 is 5.97 Å². The fourth-order valence-corrected chi connectivity index (χ4v) is 0.865. The Balaban J connectivity index is 3.13. The van der Waals surface area contributed by atoms with Crippen LogP contribution in [0.2, 0.25) is 0 Å². The van der Waals surface area contributed by atoms with E-state index in [0.717, 1.165) is 0 Å². The summed E-state index contributed by atoms with van der Waals surface area (Å²) >= 11 is 0. The molecule has 0 bridgehead atoms. The number of ether oxygens (including phenoxy) is 2. The van der Waals surface area contributed by atoms with Crippen molar-refractivity contribution in [2.24, 2.45) is 0 Å². The summed E-state index contributed by atoms with van der Waals surface area (Å²) in [5, 5.41) is 0. The van der Waals surface area contributed by atoms with Crippen molar-refractivity contribution in [3.8, 4) is 5.75 Å². The summed E-state index contributed by atoms with van der Waals surface area (Å²) < 4.78 is 9.40. The van der Waals surface area contributed by atoms with E-state index in [2.05, 4.69) is 9.72 Å². The molecule has 0 aliphatic rings. The van der Waals surface area contributed by atoms with E-state index in [1.165, 1.54) is 26.5 Å². The molecule has 70 valence electrons. The molecule has 5 heteroatoms. The predicted octanol–water partition coefficient (Wildman–Crippen LogP) is 0.459. The third kappa shape index (κ3) is 1.87. The van der Waals surface area contributed by atoms with Gasteiger partial charge < -0.3 is 15.2 Å². The van der Waals surface area contributed by atoms with Gasteiger partial charge in [-0.25, -0.2) is 9.78 Å². The molecule has 0 saturated heterocycles. The van der Waals surface area contributed by atoms with Crippen LogP contribution < -0.4 is 10.5 Å². The summed E-state index contributed by atoms with van der Waals surface area (Å²) in [6.07, 6.45) is 1.37. The zero-order chi connectivity index (χ0) is 9.84. The Kier molecular flexibility index (Phi) is 2.69. The van der Waals surface area contributed by atoms with Crippen molar-refractivity contribution < 1.29 is 14.3 Å². The molecule has 1 aromatic heterocycles. The van der Waals surface area contributed by atoms with E-state index >= 15 is 0 Å². The molecule has 0 aromatic carbocycles. The lowest BCUT2D eigenvalue weighted by Crippen LogP contribution is -2.07. The number of esters is 1. The highest BCUT2D eigenvalue weighted by Crippen LogP contribution is 2.18. The number of rotatable bonds is 2. The Morgan fingerprint density at radius 1 is 1.54 bits per heavy atom. The Bertz CT molecular complexity index is 325. The fraction of sp³-hybridized carbons (Fsp3) is 0.250. The molecule has 0 unspecified atom stereocenters. The highest BCUT2D eigenvalue weighted by atomic mass is 16.5. The molecule has 0 amide bonds. The summed E-state index contributed by atoms with van der Waals surface area (Å²) in [4.78, 5) is 14.9. The topological polar surface area (TPSA) is 74.4 Å². The van der Waals surface area contributed by atoms with Gasteiger partial charge in [0.05, 0.1) is 26.1 Å². The van der Waals surface area contributed by atoms with E-state index in [0.29, 0.717) is 11.4 Å². The molecule has 0 aliphatic carbocycles. The van der Waals surface area contributed by atoms with Gasteiger partial charge in [-0.1, -0.05) is 0 Å².